The summed E-state index contributed by atoms with van der Waals surface area (Å²) in [6.07, 6.45) is 9.03. The predicted octanol–water partition coefficient (Wildman–Crippen LogP) is 22.6. The molecule has 25 heteroatoms. The molecule has 0 saturated carbocycles. The van der Waals surface area contributed by atoms with Crippen molar-refractivity contribution in [2.45, 2.75) is 238 Å². The number of aromatic nitrogens is 19. The van der Waals surface area contributed by atoms with E-state index in [4.69, 9.17) is 0 Å². The molecule has 16 aromatic rings. The number of rotatable bonds is 0. The van der Waals surface area contributed by atoms with E-state index in [1.54, 1.807) is 27.7 Å². The van der Waals surface area contributed by atoms with Gasteiger partial charge >= 0.3 is 0 Å². The van der Waals surface area contributed by atoms with E-state index in [2.05, 4.69) is 231 Å². The maximum atomic E-state index is 13.6. The van der Waals surface area contributed by atoms with Crippen molar-refractivity contribution >= 4 is 88.3 Å². The van der Waals surface area contributed by atoms with E-state index in [-0.39, 0.29) is 72.5 Å². The summed E-state index contributed by atoms with van der Waals surface area (Å²) in [6, 6.07) is 38.4. The zero-order chi connectivity index (χ0) is 84.5. The Morgan fingerprint density at radius 2 is 0.561 bits per heavy atom. The first-order chi connectivity index (χ1) is 52.8. The molecule has 0 amide bonds. The van der Waals surface area contributed by atoms with Crippen LogP contribution in [0.2, 0.25) is 0 Å². The van der Waals surface area contributed by atoms with Gasteiger partial charge in [-0.15, -0.1) is 15.3 Å². The largest absolute Gasteiger partial charge is 0.325 e. The molecule has 0 aliphatic heterocycles. The van der Waals surface area contributed by atoms with E-state index in [9.17, 15) is 26.3 Å². The van der Waals surface area contributed by atoms with Crippen LogP contribution in [0.3, 0.4) is 0 Å². The van der Waals surface area contributed by atoms with Crippen LogP contribution >= 0.6 is 0 Å². The molecule has 0 spiro atoms. The maximum Gasteiger partial charge on any atom is 0.153 e. The van der Waals surface area contributed by atoms with Crippen molar-refractivity contribution in [1.82, 2.24) is 92.7 Å². The molecule has 8 aromatic heterocycles. The first-order valence-corrected chi connectivity index (χ1v) is 38.1. The Kier molecular flexibility index (Phi) is 25.3. The van der Waals surface area contributed by atoms with Crippen molar-refractivity contribution in [2.24, 2.45) is 0 Å². The monoisotopic (exact) mass is 1560 g/mol. The predicted molar refractivity (Wildman–Crippen MR) is 450 cm³/mol. The van der Waals surface area contributed by atoms with Crippen molar-refractivity contribution < 1.29 is 26.3 Å². The Hall–Kier alpha value is -11.1. The molecule has 19 nitrogen and oxygen atoms in total. The number of benzene rings is 8. The lowest BCUT2D eigenvalue weighted by atomic mass is 10.1. The van der Waals surface area contributed by atoms with Gasteiger partial charge < -0.3 is 22.8 Å². The minimum Gasteiger partial charge on any atom is -0.325 e. The summed E-state index contributed by atoms with van der Waals surface area (Å²) in [4.78, 5) is 21.4. The smallest absolute Gasteiger partial charge is 0.153 e. The Morgan fingerprint density at radius 3 is 1.02 bits per heavy atom. The third-order valence-corrected chi connectivity index (χ3v) is 18.5. The van der Waals surface area contributed by atoms with E-state index >= 15 is 0 Å². The molecule has 0 atom stereocenters. The number of nitrogens with zero attached hydrogens (tertiary/aromatic N) is 19. The lowest BCUT2D eigenvalue weighted by molar-refractivity contribution is 0.355. The van der Waals surface area contributed by atoms with E-state index in [0.29, 0.717) is 11.0 Å². The summed E-state index contributed by atoms with van der Waals surface area (Å²) in [7, 11) is 0. The van der Waals surface area contributed by atoms with Crippen LogP contribution in [0, 0.1) is 62.6 Å². The van der Waals surface area contributed by atoms with Gasteiger partial charge in [-0.25, -0.2) is 65.3 Å². The summed E-state index contributed by atoms with van der Waals surface area (Å²) in [5, 5.41) is 23.6. The summed E-state index contributed by atoms with van der Waals surface area (Å²) in [5.41, 5.74) is 17.1. The molecule has 0 fully saturated rings. The highest BCUT2D eigenvalue weighted by Gasteiger charge is 2.26. The summed E-state index contributed by atoms with van der Waals surface area (Å²) < 4.78 is 95.0. The second-order valence-electron chi connectivity index (χ2n) is 36.4. The first kappa shape index (κ1) is 86.9. The van der Waals surface area contributed by atoms with Gasteiger partial charge in [0.2, 0.25) is 0 Å². The zero-order valence-electron chi connectivity index (χ0n) is 71.4. The number of aryl methyl sites for hydroxylation is 4. The quantitative estimate of drug-likeness (QED) is 0.132. The van der Waals surface area contributed by atoms with Gasteiger partial charge in [0.25, 0.3) is 0 Å². The normalized spacial score (nSPS) is 12.3. The van der Waals surface area contributed by atoms with Crippen molar-refractivity contribution in [1.29, 1.82) is 0 Å². The van der Waals surface area contributed by atoms with Crippen LogP contribution in [-0.4, -0.2) is 92.7 Å². The molecule has 0 radical (unpaired) electrons. The Bertz CT molecular complexity index is 5440. The van der Waals surface area contributed by atoms with Crippen LogP contribution in [0.4, 0.5) is 26.3 Å². The molecule has 604 valence electrons. The fourth-order valence-electron chi connectivity index (χ4n) is 12.6. The Morgan fingerprint density at radius 1 is 0.237 bits per heavy atom. The summed E-state index contributed by atoms with van der Waals surface area (Å²) in [5.74, 6) is -2.52. The molecule has 0 bridgehead atoms. The third kappa shape index (κ3) is 19.9. The number of imidazole rings is 5. The molecular formula is C89H111F6N19. The molecule has 16 rings (SSSR count). The van der Waals surface area contributed by atoms with Crippen molar-refractivity contribution in [3.8, 4) is 0 Å². The van der Waals surface area contributed by atoms with E-state index in [0.717, 1.165) is 62.9 Å². The number of halogens is 6. The SMILES string of the molecule is CC(C)(C)n1cnc2c(F)ccc(F)c21.CC(C)(C)n1cnc2cc(F)ccc21.CC(C)(C)n1cnc2ccccc21.CC(C)(C)n1nnc2c(F)ccc(F)c21.CC(C)(C)n1nnc2cc(F)ccc21.CC(C)(C)n1nnc2ccccc21.Cc1ccc(C)c2c1ncn2C(C)(C)C.Cc1ccc(C)c2c1ncn2C(C)(C)C. The highest BCUT2D eigenvalue weighted by Crippen LogP contribution is 2.32. The van der Waals surface area contributed by atoms with Crippen molar-refractivity contribution in [3.05, 3.63) is 222 Å². The average molecular weight is 1560 g/mol. The lowest BCUT2D eigenvalue weighted by Crippen LogP contribution is -2.23. The van der Waals surface area contributed by atoms with Gasteiger partial charge in [-0.05, 0) is 289 Å². The van der Waals surface area contributed by atoms with E-state index in [1.807, 2.05) is 133 Å². The number of hydrogen-bond acceptors (Lipinski definition) is 11. The van der Waals surface area contributed by atoms with Crippen LogP contribution < -0.4 is 0 Å². The standard InChI is InChI=1S/2C13H18N2.C11H12F2N2.C11H13FN2.C11H14N2.C10H11F2N3.C10H12FN3.C10H13N3/c2*1-9-6-7-10(2)12-11(9)14-8-15(12)13(3,4)5;1-11(2,3)15-6-14-9-7(12)4-5-8(13)10(9)15;1-11(2,3)14-7-13-9-6-8(12)4-5-10(9)14;1-11(2,3)13-8-12-9-6-4-5-7-10(9)13;1-10(2,3)15-9-7(12)5-4-6(11)8(9)13-14-15;1-10(2,3)14-9-5-4-7(11)6-8(9)12-13-14;1-10(2,3)13-9-7-5-4-6-8(9)11-12-13/h2*6-8H,1-5H3;4-6H,1-3H3;4-7H,1-3H3;4-8H,1-3H3;4-5H,1-3H3;4-6H,1-3H3;4-7H,1-3H3. The van der Waals surface area contributed by atoms with Crippen molar-refractivity contribution in [3.63, 3.8) is 0 Å². The third-order valence-electron chi connectivity index (χ3n) is 18.5. The maximum absolute atomic E-state index is 13.6. The van der Waals surface area contributed by atoms with Gasteiger partial charge in [-0.2, -0.15) is 0 Å². The molecular weight excluding hydrogens is 1450 g/mol. The van der Waals surface area contributed by atoms with Crippen LogP contribution in [0.5, 0.6) is 0 Å². The highest BCUT2D eigenvalue weighted by molar-refractivity contribution is 5.84. The van der Waals surface area contributed by atoms with Crippen LogP contribution in [0.15, 0.2) is 165 Å². The van der Waals surface area contributed by atoms with Gasteiger partial charge in [0, 0.05) is 39.8 Å². The highest BCUT2D eigenvalue weighted by atomic mass is 19.1. The average Bonchev–Trinajstić information content (AvgIpc) is 1.62. The Labute approximate surface area is 664 Å². The number of fused-ring (bicyclic) bond motifs is 8. The minimum atomic E-state index is -0.554. The first-order valence-electron chi connectivity index (χ1n) is 38.1. The van der Waals surface area contributed by atoms with Gasteiger partial charge in [0.1, 0.15) is 45.0 Å². The second kappa shape index (κ2) is 33.1. The van der Waals surface area contributed by atoms with Crippen molar-refractivity contribution in [2.75, 3.05) is 0 Å². The molecule has 0 aliphatic carbocycles. The molecule has 8 heterocycles. The van der Waals surface area contributed by atoms with Crippen LogP contribution in [0.25, 0.3) is 88.3 Å². The molecule has 0 aliphatic rings. The molecule has 0 N–H and O–H groups in total. The number of hydrogen-bond donors (Lipinski definition) is 0. The molecule has 8 aromatic carbocycles. The lowest BCUT2D eigenvalue weighted by Gasteiger charge is -2.22. The van der Waals surface area contributed by atoms with Crippen LogP contribution in [0.1, 0.15) is 188 Å². The van der Waals surface area contributed by atoms with E-state index < -0.39 is 28.8 Å². The topological polar surface area (TPSA) is 181 Å². The van der Waals surface area contributed by atoms with Crippen LogP contribution in [-0.2, 0) is 44.3 Å². The van der Waals surface area contributed by atoms with Gasteiger partial charge in [0.15, 0.2) is 23.0 Å². The van der Waals surface area contributed by atoms with Gasteiger partial charge in [-0.3, -0.25) is 0 Å². The molecule has 0 unspecified atom stereocenters. The fraction of sp³-hybridized carbons (Fsp3) is 0.404. The summed E-state index contributed by atoms with van der Waals surface area (Å²) in [6.45, 7) is 58.3. The molecule has 0 saturated heterocycles. The Balaban J connectivity index is 0.000000149. The van der Waals surface area contributed by atoms with Gasteiger partial charge in [-0.1, -0.05) is 64.2 Å². The van der Waals surface area contributed by atoms with Gasteiger partial charge in [0.05, 0.1) is 103 Å². The second-order valence-corrected chi connectivity index (χ2v) is 36.4. The number of para-hydroxylation sites is 3. The molecule has 114 heavy (non-hydrogen) atoms. The van der Waals surface area contributed by atoms with E-state index in [1.165, 1.54) is 74.1 Å². The summed E-state index contributed by atoms with van der Waals surface area (Å²) >= 11 is 0. The zero-order valence-corrected chi connectivity index (χ0v) is 71.4. The minimum absolute atomic E-state index is 0.00387. The fourth-order valence-corrected chi connectivity index (χ4v) is 12.6.